The van der Waals surface area contributed by atoms with Gasteiger partial charge in [-0.3, -0.25) is 24.5 Å². The summed E-state index contributed by atoms with van der Waals surface area (Å²) in [6, 6.07) is 5.63. The van der Waals surface area contributed by atoms with Crippen molar-refractivity contribution in [3.05, 3.63) is 68.5 Å². The van der Waals surface area contributed by atoms with E-state index >= 15 is 0 Å². The summed E-state index contributed by atoms with van der Waals surface area (Å²) in [5.74, 6) is -7.55. The number of nitro groups is 1. The number of rotatable bonds is 5. The van der Waals surface area contributed by atoms with Gasteiger partial charge in [0.1, 0.15) is 17.1 Å². The molecule has 1 fully saturated rings. The van der Waals surface area contributed by atoms with Crippen molar-refractivity contribution in [2.45, 2.75) is 24.9 Å². The van der Waals surface area contributed by atoms with Crippen molar-refractivity contribution in [2.75, 3.05) is 29.6 Å². The maximum Gasteiger partial charge on any atom is 0.323 e. The minimum Gasteiger partial charge on any atom is -0.508 e. The average Bonchev–Trinajstić information content (AvgIpc) is 2.92. The maximum atomic E-state index is 13.7. The number of phenolic OH excluding ortho intramolecular Hbond substituents is 1. The van der Waals surface area contributed by atoms with Gasteiger partial charge in [-0.05, 0) is 42.5 Å². The number of phenols is 1. The van der Waals surface area contributed by atoms with Crippen LogP contribution >= 0.6 is 0 Å². The van der Waals surface area contributed by atoms with E-state index in [0.717, 1.165) is 0 Å². The van der Waals surface area contributed by atoms with Crippen LogP contribution in [-0.2, 0) is 20.8 Å². The lowest BCUT2D eigenvalue weighted by Gasteiger charge is -2.46. The van der Waals surface area contributed by atoms with Crippen molar-refractivity contribution >= 4 is 52.0 Å². The molecule has 0 heterocycles. The van der Waals surface area contributed by atoms with Crippen molar-refractivity contribution < 1.29 is 44.5 Å². The summed E-state index contributed by atoms with van der Waals surface area (Å²) < 4.78 is 0. The number of fused-ring (bicyclic) bond motifs is 3. The molecule has 0 bridgehead atoms. The van der Waals surface area contributed by atoms with Gasteiger partial charge in [0.25, 0.3) is 11.6 Å². The number of nitrogens with zero attached hydrogens (tertiary/aromatic N) is 2. The summed E-state index contributed by atoms with van der Waals surface area (Å²) in [5, 5.41) is 60.6. The first-order valence-electron chi connectivity index (χ1n) is 13.0. The minimum atomic E-state index is -2.70. The molecule has 2 aromatic carbocycles. The van der Waals surface area contributed by atoms with E-state index in [0.29, 0.717) is 11.3 Å². The SMILES string of the molecule is CN(C)c1cc(NC(=O)Nc2ccc([N+](=O)[O-])cc2)c(O)c2c1C[C@H]1C[C@H]3CC(=O)C(C(N)=O)=C(O)[C@@]3(O)C(=O)C1=C2O. The number of hydrogen-bond acceptors (Lipinski definition) is 11. The van der Waals surface area contributed by atoms with E-state index in [4.69, 9.17) is 5.73 Å². The van der Waals surface area contributed by atoms with Crippen LogP contribution in [-0.4, -0.2) is 68.6 Å². The number of hydrogen-bond donors (Lipinski definition) is 7. The van der Waals surface area contributed by atoms with Gasteiger partial charge in [-0.15, -0.1) is 0 Å². The fourth-order valence-electron chi connectivity index (χ4n) is 6.11. The molecule has 15 nitrogen and oxygen atoms in total. The van der Waals surface area contributed by atoms with Gasteiger partial charge in [-0.2, -0.15) is 0 Å². The van der Waals surface area contributed by atoms with Crippen molar-refractivity contribution in [3.8, 4) is 5.75 Å². The Morgan fingerprint density at radius 1 is 1.09 bits per heavy atom. The van der Waals surface area contributed by atoms with Crippen molar-refractivity contribution in [2.24, 2.45) is 17.6 Å². The van der Waals surface area contributed by atoms with E-state index in [1.165, 1.54) is 30.3 Å². The number of benzene rings is 2. The minimum absolute atomic E-state index is 0.0197. The number of nitro benzene ring substituents is 1. The first-order chi connectivity index (χ1) is 20.2. The number of aromatic hydroxyl groups is 1. The number of aliphatic hydroxyl groups is 3. The summed E-state index contributed by atoms with van der Waals surface area (Å²) in [5.41, 5.74) is 1.90. The van der Waals surface area contributed by atoms with Gasteiger partial charge in [0.05, 0.1) is 16.2 Å². The molecule has 0 aromatic heterocycles. The van der Waals surface area contributed by atoms with Crippen LogP contribution in [0.1, 0.15) is 24.0 Å². The molecule has 1 saturated carbocycles. The average molecular weight is 594 g/mol. The number of amides is 3. The molecule has 43 heavy (non-hydrogen) atoms. The molecule has 2 aromatic rings. The predicted octanol–water partition coefficient (Wildman–Crippen LogP) is 2.04. The first kappa shape index (κ1) is 29.1. The number of nitrogens with two attached hydrogens (primary N) is 1. The van der Waals surface area contributed by atoms with Crippen LogP contribution in [0, 0.1) is 22.0 Å². The zero-order chi connectivity index (χ0) is 31.5. The second-order valence-corrected chi connectivity index (χ2v) is 10.8. The van der Waals surface area contributed by atoms with Crippen LogP contribution in [0.2, 0.25) is 0 Å². The number of ketones is 2. The molecule has 224 valence electrons. The first-order valence-corrected chi connectivity index (χ1v) is 13.0. The Bertz CT molecular complexity index is 1690. The second-order valence-electron chi connectivity index (χ2n) is 10.8. The summed E-state index contributed by atoms with van der Waals surface area (Å²) in [6.07, 6.45) is -0.362. The molecule has 0 aliphatic heterocycles. The van der Waals surface area contributed by atoms with Gasteiger partial charge in [-0.1, -0.05) is 0 Å². The Hall–Kier alpha value is -5.44. The van der Waals surface area contributed by atoms with Crippen molar-refractivity contribution in [1.82, 2.24) is 0 Å². The molecule has 0 saturated heterocycles. The highest BCUT2D eigenvalue weighted by molar-refractivity contribution is 6.22. The Morgan fingerprint density at radius 2 is 1.74 bits per heavy atom. The summed E-state index contributed by atoms with van der Waals surface area (Å²) in [6.45, 7) is 0. The molecular formula is C28H27N5O10. The molecule has 5 rings (SSSR count). The molecule has 3 amide bonds. The number of primary amides is 1. The van der Waals surface area contributed by atoms with Crippen LogP contribution in [0.15, 0.2) is 47.2 Å². The number of urea groups is 1. The third-order valence-corrected chi connectivity index (χ3v) is 8.11. The Balaban J connectivity index is 1.56. The summed E-state index contributed by atoms with van der Waals surface area (Å²) >= 11 is 0. The highest BCUT2D eigenvalue weighted by Crippen LogP contribution is 2.54. The molecule has 3 aliphatic carbocycles. The number of aliphatic hydroxyl groups excluding tert-OH is 2. The summed E-state index contributed by atoms with van der Waals surface area (Å²) in [7, 11) is 3.37. The van der Waals surface area contributed by atoms with Crippen molar-refractivity contribution in [1.29, 1.82) is 0 Å². The van der Waals surface area contributed by atoms with Crippen LogP contribution in [0.4, 0.5) is 27.5 Å². The van der Waals surface area contributed by atoms with E-state index < -0.39 is 75.1 Å². The third-order valence-electron chi connectivity index (χ3n) is 8.11. The number of carbonyl (C=O) groups excluding carboxylic acids is 4. The topological polar surface area (TPSA) is 246 Å². The standard InChI is InChI=1S/C28H27N5O10/c1-32(2)17-10-16(31-27(40)30-13-3-5-14(6-4-13)33(42)43)22(35)20-15(17)8-11-7-12-9-18(34)21(26(29)39)25(38)28(12,41)24(37)19(11)23(20)36/h3-6,10-12,35-36,38,41H,7-9H2,1-2H3,(H2,29,39)(H2,30,31,40)/t11-,12+,28+/m1/s1. The lowest BCUT2D eigenvalue weighted by atomic mass is 9.59. The number of carbonyl (C=O) groups is 4. The number of Topliss-reactive ketones (excluding diaryl/α,β-unsaturated/α-hetero) is 2. The molecule has 0 unspecified atom stereocenters. The zero-order valence-corrected chi connectivity index (χ0v) is 22.9. The van der Waals surface area contributed by atoms with E-state index in [2.05, 4.69) is 10.6 Å². The molecule has 15 heteroatoms. The number of non-ortho nitro benzene ring substituents is 1. The largest absolute Gasteiger partial charge is 0.508 e. The van der Waals surface area contributed by atoms with Crippen LogP contribution in [0.25, 0.3) is 5.76 Å². The molecule has 3 aliphatic rings. The number of nitrogens with one attached hydrogen (secondary N) is 2. The lowest BCUT2D eigenvalue weighted by molar-refractivity contribution is -0.384. The van der Waals surface area contributed by atoms with Crippen LogP contribution < -0.4 is 21.3 Å². The quantitative estimate of drug-likeness (QED) is 0.114. The van der Waals surface area contributed by atoms with Gasteiger partial charge in [0.15, 0.2) is 17.1 Å². The summed E-state index contributed by atoms with van der Waals surface area (Å²) in [4.78, 5) is 62.8. The van der Waals surface area contributed by atoms with Crippen LogP contribution in [0.3, 0.4) is 0 Å². The monoisotopic (exact) mass is 593 g/mol. The fraction of sp³-hybridized carbons (Fsp3) is 0.286. The van der Waals surface area contributed by atoms with Gasteiger partial charge < -0.3 is 41.7 Å². The molecular weight excluding hydrogens is 566 g/mol. The normalized spacial score (nSPS) is 22.8. The fourth-order valence-corrected chi connectivity index (χ4v) is 6.11. The van der Waals surface area contributed by atoms with E-state index in [1.807, 2.05) is 0 Å². The zero-order valence-electron chi connectivity index (χ0n) is 22.9. The Labute approximate surface area is 243 Å². The van der Waals surface area contributed by atoms with Gasteiger partial charge >= 0.3 is 6.03 Å². The predicted molar refractivity (Wildman–Crippen MR) is 151 cm³/mol. The number of anilines is 3. The smallest absolute Gasteiger partial charge is 0.323 e. The van der Waals surface area contributed by atoms with E-state index in [9.17, 15) is 49.7 Å². The Kier molecular flexibility index (Phi) is 6.85. The van der Waals surface area contributed by atoms with E-state index in [-0.39, 0.29) is 41.0 Å². The molecule has 3 atom stereocenters. The second kappa shape index (κ2) is 10.1. The maximum absolute atomic E-state index is 13.7. The lowest BCUT2D eigenvalue weighted by Crippen LogP contribution is -2.58. The van der Waals surface area contributed by atoms with Gasteiger partial charge in [0, 0.05) is 55.5 Å². The van der Waals surface area contributed by atoms with E-state index in [1.54, 1.807) is 19.0 Å². The Morgan fingerprint density at radius 3 is 2.33 bits per heavy atom. The highest BCUT2D eigenvalue weighted by atomic mass is 16.6. The molecule has 0 spiro atoms. The molecule has 0 radical (unpaired) electrons. The van der Waals surface area contributed by atoms with Gasteiger partial charge in [0.2, 0.25) is 5.78 Å². The third kappa shape index (κ3) is 4.50. The van der Waals surface area contributed by atoms with Crippen molar-refractivity contribution in [3.63, 3.8) is 0 Å². The molecule has 8 N–H and O–H groups in total. The van der Waals surface area contributed by atoms with Crippen LogP contribution in [0.5, 0.6) is 5.75 Å². The highest BCUT2D eigenvalue weighted by Gasteiger charge is 2.60. The van der Waals surface area contributed by atoms with Gasteiger partial charge in [-0.25, -0.2) is 4.79 Å².